The first kappa shape index (κ1) is 12.2. The SMILES string of the molecule is Oc1c(F)c(F)c2c(O)c(F)c(F)c(F)c2c1O. The second-order valence-corrected chi connectivity index (χ2v) is 3.37. The molecule has 3 N–H and O–H groups in total. The predicted octanol–water partition coefficient (Wildman–Crippen LogP) is 2.65. The van der Waals surface area contributed by atoms with Crippen molar-refractivity contribution in [2.45, 2.75) is 0 Å². The highest BCUT2D eigenvalue weighted by Gasteiger charge is 2.29. The molecule has 96 valence electrons. The zero-order valence-corrected chi connectivity index (χ0v) is 8.23. The minimum atomic E-state index is -2.19. The van der Waals surface area contributed by atoms with Crippen LogP contribution in [0.5, 0.6) is 17.2 Å². The Kier molecular flexibility index (Phi) is 2.46. The van der Waals surface area contributed by atoms with E-state index in [1.807, 2.05) is 0 Å². The molecule has 2 aromatic rings. The molecule has 8 heteroatoms. The van der Waals surface area contributed by atoms with E-state index >= 15 is 0 Å². The Bertz CT molecular complexity index is 570. The molecule has 2 rings (SSSR count). The highest BCUT2D eigenvalue weighted by Crippen LogP contribution is 2.44. The van der Waals surface area contributed by atoms with Gasteiger partial charge in [0, 0.05) is 0 Å². The molecule has 0 saturated carbocycles. The Morgan fingerprint density at radius 2 is 0.833 bits per heavy atom. The molecule has 0 heterocycles. The summed E-state index contributed by atoms with van der Waals surface area (Å²) in [7, 11) is 0. The average Bonchev–Trinajstić information content (AvgIpc) is 2.35. The van der Waals surface area contributed by atoms with Gasteiger partial charge in [-0.25, -0.2) is 13.2 Å². The fraction of sp³-hybridized carbons (Fsp3) is 0. The summed E-state index contributed by atoms with van der Waals surface area (Å²) in [6, 6.07) is 0. The third-order valence-electron chi connectivity index (χ3n) is 2.38. The van der Waals surface area contributed by atoms with Crippen molar-refractivity contribution in [2.24, 2.45) is 0 Å². The Morgan fingerprint density at radius 3 is 1.39 bits per heavy atom. The number of benzene rings is 2. The lowest BCUT2D eigenvalue weighted by molar-refractivity contribution is 0.361. The molecule has 0 atom stereocenters. The van der Waals surface area contributed by atoms with Gasteiger partial charge in [0.15, 0.2) is 34.7 Å². The van der Waals surface area contributed by atoms with Crippen molar-refractivity contribution >= 4 is 10.8 Å². The smallest absolute Gasteiger partial charge is 0.205 e. The zero-order chi connectivity index (χ0) is 13.8. The topological polar surface area (TPSA) is 60.7 Å². The number of hydrogen-bond donors (Lipinski definition) is 3. The fourth-order valence-corrected chi connectivity index (χ4v) is 1.52. The maximum absolute atomic E-state index is 13.3. The largest absolute Gasteiger partial charge is 0.504 e. The summed E-state index contributed by atoms with van der Waals surface area (Å²) in [5, 5.41) is 24.5. The van der Waals surface area contributed by atoms with E-state index in [2.05, 4.69) is 0 Å². The van der Waals surface area contributed by atoms with E-state index in [1.165, 1.54) is 0 Å². The standard InChI is InChI=1S/C10H3F5O3/c11-3-2-1(8(16)7(15)5(3)13)4(12)6(14)10(18)9(2)17/h16-18H. The van der Waals surface area contributed by atoms with Gasteiger partial charge in [0.2, 0.25) is 11.6 Å². The van der Waals surface area contributed by atoms with Crippen molar-refractivity contribution in [1.29, 1.82) is 0 Å². The van der Waals surface area contributed by atoms with Crippen molar-refractivity contribution in [3.8, 4) is 17.2 Å². The summed E-state index contributed by atoms with van der Waals surface area (Å²) in [4.78, 5) is 0. The van der Waals surface area contributed by atoms with Crippen molar-refractivity contribution in [3.63, 3.8) is 0 Å². The van der Waals surface area contributed by atoms with Crippen LogP contribution in [0.3, 0.4) is 0 Å². The Hall–Kier alpha value is -2.25. The second-order valence-electron chi connectivity index (χ2n) is 3.37. The van der Waals surface area contributed by atoms with Gasteiger partial charge in [-0.15, -0.1) is 0 Å². The fourth-order valence-electron chi connectivity index (χ4n) is 1.52. The zero-order valence-electron chi connectivity index (χ0n) is 8.23. The van der Waals surface area contributed by atoms with Crippen molar-refractivity contribution in [3.05, 3.63) is 29.1 Å². The summed E-state index contributed by atoms with van der Waals surface area (Å²) < 4.78 is 65.6. The van der Waals surface area contributed by atoms with Gasteiger partial charge in [-0.2, -0.15) is 8.78 Å². The minimum absolute atomic E-state index is 1.36. The number of hydrogen-bond acceptors (Lipinski definition) is 3. The van der Waals surface area contributed by atoms with Gasteiger partial charge in [0.25, 0.3) is 0 Å². The average molecular weight is 266 g/mol. The van der Waals surface area contributed by atoms with Crippen LogP contribution >= 0.6 is 0 Å². The van der Waals surface area contributed by atoms with E-state index in [9.17, 15) is 27.1 Å². The number of phenolic OH excluding ortho intramolecular Hbond substituents is 3. The Balaban J connectivity index is 3.22. The first-order valence-corrected chi connectivity index (χ1v) is 4.37. The molecule has 0 spiro atoms. The van der Waals surface area contributed by atoms with E-state index in [4.69, 9.17) is 10.2 Å². The van der Waals surface area contributed by atoms with Crippen LogP contribution < -0.4 is 0 Å². The molecule has 0 unspecified atom stereocenters. The van der Waals surface area contributed by atoms with E-state index < -0.39 is 57.1 Å². The highest BCUT2D eigenvalue weighted by atomic mass is 19.2. The number of phenols is 3. The normalized spacial score (nSPS) is 11.2. The molecule has 0 aliphatic heterocycles. The third kappa shape index (κ3) is 1.28. The van der Waals surface area contributed by atoms with Gasteiger partial charge in [0.1, 0.15) is 0 Å². The summed E-state index contributed by atoms with van der Waals surface area (Å²) in [5.41, 5.74) is 0. The van der Waals surface area contributed by atoms with E-state index in [0.29, 0.717) is 0 Å². The lowest BCUT2D eigenvalue weighted by Gasteiger charge is -2.10. The Labute approximate surface area is 95.3 Å². The highest BCUT2D eigenvalue weighted by molar-refractivity contribution is 5.96. The summed E-state index contributed by atoms with van der Waals surface area (Å²) in [6.07, 6.45) is 0. The van der Waals surface area contributed by atoms with Crippen LogP contribution in [0.25, 0.3) is 10.8 Å². The van der Waals surface area contributed by atoms with Crippen LogP contribution in [0.1, 0.15) is 0 Å². The molecule has 0 saturated heterocycles. The monoisotopic (exact) mass is 266 g/mol. The second kappa shape index (κ2) is 3.62. The molecular formula is C10H3F5O3. The molecule has 0 fully saturated rings. The first-order valence-electron chi connectivity index (χ1n) is 4.37. The number of rotatable bonds is 0. The summed E-state index contributed by atoms with van der Waals surface area (Å²) >= 11 is 0. The van der Waals surface area contributed by atoms with Crippen molar-refractivity contribution in [2.75, 3.05) is 0 Å². The molecule has 0 amide bonds. The van der Waals surface area contributed by atoms with Crippen LogP contribution in [-0.4, -0.2) is 15.3 Å². The van der Waals surface area contributed by atoms with Crippen molar-refractivity contribution < 1.29 is 37.3 Å². The van der Waals surface area contributed by atoms with Crippen LogP contribution in [0.4, 0.5) is 22.0 Å². The maximum Gasteiger partial charge on any atom is 0.205 e. The molecular weight excluding hydrogens is 263 g/mol. The van der Waals surface area contributed by atoms with Gasteiger partial charge in [-0.3, -0.25) is 0 Å². The van der Waals surface area contributed by atoms with E-state index in [1.54, 1.807) is 0 Å². The van der Waals surface area contributed by atoms with Crippen molar-refractivity contribution in [1.82, 2.24) is 0 Å². The summed E-state index contributed by atoms with van der Waals surface area (Å²) in [5.74, 6) is -15.4. The van der Waals surface area contributed by atoms with Gasteiger partial charge < -0.3 is 15.3 Å². The van der Waals surface area contributed by atoms with Gasteiger partial charge in [-0.1, -0.05) is 0 Å². The molecule has 0 aliphatic carbocycles. The molecule has 3 nitrogen and oxygen atoms in total. The van der Waals surface area contributed by atoms with Gasteiger partial charge in [-0.05, 0) is 0 Å². The van der Waals surface area contributed by atoms with Crippen LogP contribution in [0.2, 0.25) is 0 Å². The van der Waals surface area contributed by atoms with Crippen LogP contribution in [-0.2, 0) is 0 Å². The lowest BCUT2D eigenvalue weighted by Crippen LogP contribution is -1.98. The summed E-state index contributed by atoms with van der Waals surface area (Å²) in [6.45, 7) is 0. The van der Waals surface area contributed by atoms with Gasteiger partial charge in [0.05, 0.1) is 10.8 Å². The minimum Gasteiger partial charge on any atom is -0.504 e. The lowest BCUT2D eigenvalue weighted by atomic mass is 10.1. The quantitative estimate of drug-likeness (QED) is 0.390. The molecule has 0 radical (unpaired) electrons. The van der Waals surface area contributed by atoms with E-state index in [0.717, 1.165) is 0 Å². The number of fused-ring (bicyclic) bond motifs is 1. The number of halogens is 5. The van der Waals surface area contributed by atoms with Gasteiger partial charge >= 0.3 is 0 Å². The predicted molar refractivity (Wildman–Crippen MR) is 48.7 cm³/mol. The Morgan fingerprint density at radius 1 is 0.444 bits per heavy atom. The molecule has 18 heavy (non-hydrogen) atoms. The van der Waals surface area contributed by atoms with Crippen LogP contribution in [0, 0.1) is 29.1 Å². The molecule has 0 aliphatic rings. The third-order valence-corrected chi connectivity index (χ3v) is 2.38. The molecule has 0 aromatic heterocycles. The van der Waals surface area contributed by atoms with E-state index in [-0.39, 0.29) is 0 Å². The maximum atomic E-state index is 13.3. The molecule has 0 bridgehead atoms. The first-order chi connectivity index (χ1) is 8.29. The molecule has 2 aromatic carbocycles. The number of aromatic hydroxyl groups is 3. The van der Waals surface area contributed by atoms with Crippen LogP contribution in [0.15, 0.2) is 0 Å².